The van der Waals surface area contributed by atoms with Crippen LogP contribution in [0.4, 0.5) is 0 Å². The molecule has 0 unspecified atom stereocenters. The van der Waals surface area contributed by atoms with Crippen molar-refractivity contribution >= 4 is 0 Å². The van der Waals surface area contributed by atoms with Gasteiger partial charge in [0.05, 0.1) is 6.10 Å². The van der Waals surface area contributed by atoms with Crippen LogP contribution in [0.2, 0.25) is 0 Å². The Morgan fingerprint density at radius 1 is 1.13 bits per heavy atom. The third kappa shape index (κ3) is 2.85. The lowest BCUT2D eigenvalue weighted by molar-refractivity contribution is -0.217. The van der Waals surface area contributed by atoms with Crippen molar-refractivity contribution < 1.29 is 4.74 Å². The van der Waals surface area contributed by atoms with Gasteiger partial charge in [-0.25, -0.2) is 0 Å². The summed E-state index contributed by atoms with van der Waals surface area (Å²) in [6.07, 6.45) is 7.22. The molecule has 0 radical (unpaired) electrons. The molecule has 0 N–H and O–H groups in total. The van der Waals surface area contributed by atoms with Crippen molar-refractivity contribution in [2.45, 2.75) is 70.7 Å². The molecule has 2 heteroatoms. The summed E-state index contributed by atoms with van der Waals surface area (Å²) >= 11 is 0. The predicted octanol–water partition coefficient (Wildman–Crippen LogP) is 4.49. The summed E-state index contributed by atoms with van der Waals surface area (Å²) in [6.45, 7) is 8.54. The van der Waals surface area contributed by atoms with Crippen molar-refractivity contribution in [2.24, 2.45) is 17.8 Å². The van der Waals surface area contributed by atoms with E-state index in [2.05, 4.69) is 56.0 Å². The van der Waals surface area contributed by atoms with Crippen LogP contribution < -0.4 is 0 Å². The molecule has 2 heterocycles. The first kappa shape index (κ1) is 15.7. The topological polar surface area (TPSA) is 12.5 Å². The van der Waals surface area contributed by atoms with E-state index in [-0.39, 0.29) is 0 Å². The zero-order valence-corrected chi connectivity index (χ0v) is 14.9. The van der Waals surface area contributed by atoms with Gasteiger partial charge in [-0.15, -0.1) is 0 Å². The standard InChI is InChI=1S/C21H31NO/c1-15-9-10-18-19(11-15)23-20-13-17(14-22(20)21(18,2)3)12-16-7-5-4-6-8-16/h4-8,15,17-20H,9-14H2,1-3H3/t15-,17-,18-,19-,20+/m1/s1. The van der Waals surface area contributed by atoms with E-state index in [9.17, 15) is 0 Å². The van der Waals surface area contributed by atoms with Gasteiger partial charge in [0.25, 0.3) is 0 Å². The molecule has 1 aliphatic carbocycles. The van der Waals surface area contributed by atoms with Gasteiger partial charge in [0.15, 0.2) is 0 Å². The Balaban J connectivity index is 1.49. The summed E-state index contributed by atoms with van der Waals surface area (Å²) in [5.74, 6) is 2.28. The molecule has 4 rings (SSSR count). The van der Waals surface area contributed by atoms with Gasteiger partial charge in [-0.2, -0.15) is 0 Å². The Kier molecular flexibility index (Phi) is 4.01. The largest absolute Gasteiger partial charge is 0.360 e. The first-order chi connectivity index (χ1) is 11.0. The zero-order chi connectivity index (χ0) is 16.0. The Morgan fingerprint density at radius 2 is 1.91 bits per heavy atom. The highest BCUT2D eigenvalue weighted by molar-refractivity contribution is 5.16. The molecule has 2 aliphatic heterocycles. The Labute approximate surface area is 141 Å². The number of hydrogen-bond acceptors (Lipinski definition) is 2. The number of rotatable bonds is 2. The second-order valence-electron chi connectivity index (χ2n) is 8.75. The van der Waals surface area contributed by atoms with Crippen LogP contribution in [-0.4, -0.2) is 29.3 Å². The van der Waals surface area contributed by atoms with E-state index in [4.69, 9.17) is 4.74 Å². The Hall–Kier alpha value is -0.860. The molecular weight excluding hydrogens is 282 g/mol. The maximum Gasteiger partial charge on any atom is 0.111 e. The minimum Gasteiger partial charge on any atom is -0.360 e. The van der Waals surface area contributed by atoms with E-state index in [0.29, 0.717) is 23.8 Å². The molecule has 1 aromatic rings. The molecule has 5 atom stereocenters. The minimum absolute atomic E-state index is 0.291. The fourth-order valence-electron chi connectivity index (χ4n) is 5.42. The summed E-state index contributed by atoms with van der Waals surface area (Å²) in [5.41, 5.74) is 1.76. The maximum atomic E-state index is 6.61. The predicted molar refractivity (Wildman–Crippen MR) is 94.2 cm³/mol. The average molecular weight is 313 g/mol. The first-order valence-electron chi connectivity index (χ1n) is 9.50. The first-order valence-corrected chi connectivity index (χ1v) is 9.50. The van der Waals surface area contributed by atoms with Crippen molar-refractivity contribution in [1.82, 2.24) is 4.90 Å². The van der Waals surface area contributed by atoms with Crippen LogP contribution in [0.1, 0.15) is 52.0 Å². The molecule has 126 valence electrons. The normalized spacial score (nSPS) is 39.7. The second kappa shape index (κ2) is 5.89. The summed E-state index contributed by atoms with van der Waals surface area (Å²) in [7, 11) is 0. The molecule has 0 spiro atoms. The SMILES string of the molecule is C[C@@H]1CC[C@@H]2[C@@H](C1)O[C@H]1C[C@@H](Cc3ccccc3)CN1C2(C)C. The number of hydrogen-bond donors (Lipinski definition) is 0. The third-order valence-corrected chi connectivity index (χ3v) is 6.74. The lowest BCUT2D eigenvalue weighted by atomic mass is 9.70. The van der Waals surface area contributed by atoms with Gasteiger partial charge in [0.1, 0.15) is 6.23 Å². The van der Waals surface area contributed by atoms with Crippen LogP contribution in [0, 0.1) is 17.8 Å². The van der Waals surface area contributed by atoms with E-state index in [1.165, 1.54) is 44.2 Å². The van der Waals surface area contributed by atoms with Crippen molar-refractivity contribution in [3.05, 3.63) is 35.9 Å². The fourth-order valence-corrected chi connectivity index (χ4v) is 5.42. The molecule has 0 amide bonds. The second-order valence-corrected chi connectivity index (χ2v) is 8.75. The molecule has 23 heavy (non-hydrogen) atoms. The van der Waals surface area contributed by atoms with Crippen LogP contribution in [0.5, 0.6) is 0 Å². The average Bonchev–Trinajstić information content (AvgIpc) is 2.91. The lowest BCUT2D eigenvalue weighted by Crippen LogP contribution is -2.62. The van der Waals surface area contributed by atoms with Gasteiger partial charge in [0, 0.05) is 18.0 Å². The summed E-state index contributed by atoms with van der Waals surface area (Å²) in [5, 5.41) is 0. The molecule has 1 aromatic carbocycles. The molecule has 2 saturated heterocycles. The molecule has 0 aromatic heterocycles. The highest BCUT2D eigenvalue weighted by Crippen LogP contribution is 2.48. The van der Waals surface area contributed by atoms with E-state index in [1.54, 1.807) is 0 Å². The van der Waals surface area contributed by atoms with E-state index in [0.717, 1.165) is 11.8 Å². The number of benzene rings is 1. The quantitative estimate of drug-likeness (QED) is 0.797. The molecule has 0 bridgehead atoms. The smallest absolute Gasteiger partial charge is 0.111 e. The number of nitrogens with zero attached hydrogens (tertiary/aromatic N) is 1. The van der Waals surface area contributed by atoms with E-state index in [1.807, 2.05) is 0 Å². The van der Waals surface area contributed by atoms with Crippen LogP contribution >= 0.6 is 0 Å². The fraction of sp³-hybridized carbons (Fsp3) is 0.714. The van der Waals surface area contributed by atoms with E-state index >= 15 is 0 Å². The molecule has 1 saturated carbocycles. The molecule has 3 aliphatic rings. The molecular formula is C21H31NO. The molecule has 2 nitrogen and oxygen atoms in total. The lowest BCUT2D eigenvalue weighted by Gasteiger charge is -2.55. The van der Waals surface area contributed by atoms with Crippen molar-refractivity contribution in [3.8, 4) is 0 Å². The maximum absolute atomic E-state index is 6.61. The van der Waals surface area contributed by atoms with Gasteiger partial charge < -0.3 is 4.74 Å². The molecule has 3 fully saturated rings. The van der Waals surface area contributed by atoms with Gasteiger partial charge in [0.2, 0.25) is 0 Å². The highest BCUT2D eigenvalue weighted by Gasteiger charge is 2.53. The summed E-state index contributed by atoms with van der Waals surface area (Å²) in [6, 6.07) is 11.0. The van der Waals surface area contributed by atoms with Crippen LogP contribution in [0.15, 0.2) is 30.3 Å². The number of fused-ring (bicyclic) bond motifs is 2. The highest BCUT2D eigenvalue weighted by atomic mass is 16.5. The minimum atomic E-state index is 0.291. The van der Waals surface area contributed by atoms with Crippen molar-refractivity contribution in [3.63, 3.8) is 0 Å². The van der Waals surface area contributed by atoms with Gasteiger partial charge >= 0.3 is 0 Å². The summed E-state index contributed by atoms with van der Waals surface area (Å²) < 4.78 is 6.61. The van der Waals surface area contributed by atoms with Gasteiger partial charge in [-0.1, -0.05) is 43.7 Å². The van der Waals surface area contributed by atoms with Crippen molar-refractivity contribution in [1.29, 1.82) is 0 Å². The van der Waals surface area contributed by atoms with Crippen LogP contribution in [0.3, 0.4) is 0 Å². The van der Waals surface area contributed by atoms with Gasteiger partial charge in [-0.3, -0.25) is 4.90 Å². The van der Waals surface area contributed by atoms with Crippen LogP contribution in [0.25, 0.3) is 0 Å². The van der Waals surface area contributed by atoms with Crippen molar-refractivity contribution in [2.75, 3.05) is 6.54 Å². The zero-order valence-electron chi connectivity index (χ0n) is 14.9. The van der Waals surface area contributed by atoms with E-state index < -0.39 is 0 Å². The third-order valence-electron chi connectivity index (χ3n) is 6.74. The Bertz CT molecular complexity index is 540. The monoisotopic (exact) mass is 313 g/mol. The number of ether oxygens (including phenoxy) is 1. The summed E-state index contributed by atoms with van der Waals surface area (Å²) in [4.78, 5) is 2.69. The Morgan fingerprint density at radius 3 is 2.70 bits per heavy atom. The van der Waals surface area contributed by atoms with Crippen LogP contribution in [-0.2, 0) is 11.2 Å². The van der Waals surface area contributed by atoms with Gasteiger partial charge in [-0.05, 0) is 56.9 Å².